The topological polar surface area (TPSA) is 93.1 Å². The van der Waals surface area contributed by atoms with Gasteiger partial charge < -0.3 is 19.7 Å². The third kappa shape index (κ3) is 8.99. The van der Waals surface area contributed by atoms with Crippen LogP contribution >= 0.6 is 0 Å². The molecule has 2 rings (SSSR count). The van der Waals surface area contributed by atoms with Gasteiger partial charge in [0, 0.05) is 0 Å². The summed E-state index contributed by atoms with van der Waals surface area (Å²) in [4.78, 5) is 22.3. The third-order valence-electron chi connectivity index (χ3n) is 4.88. The van der Waals surface area contributed by atoms with Gasteiger partial charge in [-0.25, -0.2) is 4.79 Å². The van der Waals surface area contributed by atoms with E-state index in [4.69, 9.17) is 14.6 Å². The Morgan fingerprint density at radius 3 is 1.90 bits per heavy atom. The Hall–Kier alpha value is -3.02. The number of aromatic carboxylic acids is 1. The molecule has 30 heavy (non-hydrogen) atoms. The van der Waals surface area contributed by atoms with Gasteiger partial charge in [0.25, 0.3) is 0 Å². The van der Waals surface area contributed by atoms with Crippen LogP contribution in [0, 0.1) is 5.92 Å². The average Bonchev–Trinajstić information content (AvgIpc) is 2.75. The summed E-state index contributed by atoms with van der Waals surface area (Å²) >= 11 is 0. The smallest absolute Gasteiger partial charge is 0.335 e. The van der Waals surface area contributed by atoms with E-state index in [0.717, 1.165) is 37.9 Å². The fraction of sp³-hybridized carbons (Fsp3) is 0.417. The second-order valence-corrected chi connectivity index (χ2v) is 7.22. The van der Waals surface area contributed by atoms with Gasteiger partial charge in [0.1, 0.15) is 11.5 Å². The molecule has 0 radical (unpaired) electrons. The Labute approximate surface area is 177 Å². The molecule has 0 heterocycles. The van der Waals surface area contributed by atoms with Crippen molar-refractivity contribution in [2.24, 2.45) is 5.92 Å². The summed E-state index contributed by atoms with van der Waals surface area (Å²) in [7, 11) is 0. The number of carbonyl (C=O) groups is 2. The van der Waals surface area contributed by atoms with Crippen molar-refractivity contribution >= 4 is 11.9 Å². The van der Waals surface area contributed by atoms with Crippen LogP contribution in [-0.4, -0.2) is 35.4 Å². The summed E-state index contributed by atoms with van der Waals surface area (Å²) in [5.41, 5.74) is 0.238. The highest BCUT2D eigenvalue weighted by Crippen LogP contribution is 2.18. The predicted molar refractivity (Wildman–Crippen MR) is 114 cm³/mol. The van der Waals surface area contributed by atoms with E-state index in [1.165, 1.54) is 12.1 Å². The zero-order chi connectivity index (χ0) is 21.6. The molecule has 1 atom stereocenters. The van der Waals surface area contributed by atoms with Crippen molar-refractivity contribution in [1.29, 1.82) is 0 Å². The zero-order valence-corrected chi connectivity index (χ0v) is 17.2. The minimum absolute atomic E-state index is 0.238. The maximum absolute atomic E-state index is 11.5. The van der Waals surface area contributed by atoms with Crippen molar-refractivity contribution in [2.75, 3.05) is 13.2 Å². The van der Waals surface area contributed by atoms with Gasteiger partial charge in [-0.1, -0.05) is 37.5 Å². The number of hydrogen-bond donors (Lipinski definition) is 2. The van der Waals surface area contributed by atoms with Crippen molar-refractivity contribution < 1.29 is 29.3 Å². The molecule has 6 heteroatoms. The lowest BCUT2D eigenvalue weighted by Crippen LogP contribution is -2.15. The average molecular weight is 414 g/mol. The molecule has 0 aliphatic heterocycles. The van der Waals surface area contributed by atoms with Gasteiger partial charge in [0.2, 0.25) is 0 Å². The lowest BCUT2D eigenvalue weighted by Gasteiger charge is -2.13. The Morgan fingerprint density at radius 2 is 1.27 bits per heavy atom. The first-order valence-corrected chi connectivity index (χ1v) is 10.4. The first-order chi connectivity index (χ1) is 14.6. The number of rotatable bonds is 15. The van der Waals surface area contributed by atoms with E-state index in [9.17, 15) is 14.7 Å². The number of benzene rings is 2. The van der Waals surface area contributed by atoms with Crippen molar-refractivity contribution in [3.05, 3.63) is 60.2 Å². The molecule has 2 aromatic carbocycles. The number of carboxylic acids is 2. The highest BCUT2D eigenvalue weighted by molar-refractivity contribution is 5.87. The van der Waals surface area contributed by atoms with Gasteiger partial charge in [0.15, 0.2) is 0 Å². The van der Waals surface area contributed by atoms with Gasteiger partial charge >= 0.3 is 11.9 Å². The molecule has 0 bridgehead atoms. The second-order valence-electron chi connectivity index (χ2n) is 7.22. The van der Waals surface area contributed by atoms with Gasteiger partial charge in [-0.15, -0.1) is 0 Å². The summed E-state index contributed by atoms with van der Waals surface area (Å²) in [5.74, 6) is -0.547. The number of ether oxygens (including phenoxy) is 2. The summed E-state index contributed by atoms with van der Waals surface area (Å²) < 4.78 is 11.2. The van der Waals surface area contributed by atoms with Crippen LogP contribution in [-0.2, 0) is 4.79 Å². The maximum atomic E-state index is 11.5. The molecule has 0 fully saturated rings. The maximum Gasteiger partial charge on any atom is 0.335 e. The molecule has 2 aromatic rings. The lowest BCUT2D eigenvalue weighted by atomic mass is 9.96. The molecule has 162 valence electrons. The van der Waals surface area contributed by atoms with Crippen LogP contribution in [0.25, 0.3) is 0 Å². The summed E-state index contributed by atoms with van der Waals surface area (Å²) in [6, 6.07) is 15.9. The first-order valence-electron chi connectivity index (χ1n) is 10.4. The van der Waals surface area contributed by atoms with E-state index in [0.29, 0.717) is 31.8 Å². The van der Waals surface area contributed by atoms with Gasteiger partial charge in [-0.2, -0.15) is 0 Å². The normalized spacial score (nSPS) is 11.6. The molecule has 0 saturated carbocycles. The van der Waals surface area contributed by atoms with Crippen molar-refractivity contribution in [2.45, 2.75) is 44.9 Å². The summed E-state index contributed by atoms with van der Waals surface area (Å²) in [5, 5.41) is 18.3. The van der Waals surface area contributed by atoms with Crippen LogP contribution in [0.1, 0.15) is 55.3 Å². The van der Waals surface area contributed by atoms with E-state index in [2.05, 4.69) is 0 Å². The van der Waals surface area contributed by atoms with E-state index in [1.807, 2.05) is 30.3 Å². The summed E-state index contributed by atoms with van der Waals surface area (Å²) in [6.45, 7) is 1.09. The molecule has 0 aliphatic carbocycles. The van der Waals surface area contributed by atoms with Crippen LogP contribution in [0.2, 0.25) is 0 Å². The molecule has 0 saturated heterocycles. The molecule has 0 amide bonds. The fourth-order valence-corrected chi connectivity index (χ4v) is 3.16. The molecule has 0 aromatic heterocycles. The SMILES string of the molecule is O=C(O)c1ccc(OCCCCCCC(CCCOc2ccccc2)C(=O)O)cc1. The molecule has 1 unspecified atom stereocenters. The van der Waals surface area contributed by atoms with Crippen molar-refractivity contribution in [3.8, 4) is 11.5 Å². The van der Waals surface area contributed by atoms with Gasteiger partial charge in [-0.3, -0.25) is 4.79 Å². The zero-order valence-electron chi connectivity index (χ0n) is 17.2. The molecule has 0 spiro atoms. The monoisotopic (exact) mass is 414 g/mol. The quantitative estimate of drug-likeness (QED) is 0.386. The van der Waals surface area contributed by atoms with Gasteiger partial charge in [-0.05, 0) is 62.1 Å². The number of aliphatic carboxylic acids is 1. The van der Waals surface area contributed by atoms with Crippen LogP contribution in [0.15, 0.2) is 54.6 Å². The van der Waals surface area contributed by atoms with E-state index in [1.54, 1.807) is 12.1 Å². The Kier molecular flexibility index (Phi) is 10.3. The number of carboxylic acid groups (broad SMARTS) is 2. The van der Waals surface area contributed by atoms with Crippen molar-refractivity contribution in [3.63, 3.8) is 0 Å². The third-order valence-corrected chi connectivity index (χ3v) is 4.88. The lowest BCUT2D eigenvalue weighted by molar-refractivity contribution is -0.142. The van der Waals surface area contributed by atoms with Crippen molar-refractivity contribution in [1.82, 2.24) is 0 Å². The highest BCUT2D eigenvalue weighted by atomic mass is 16.5. The number of hydrogen-bond acceptors (Lipinski definition) is 4. The highest BCUT2D eigenvalue weighted by Gasteiger charge is 2.16. The minimum atomic E-state index is -0.954. The van der Waals surface area contributed by atoms with E-state index >= 15 is 0 Å². The molecule has 6 nitrogen and oxygen atoms in total. The van der Waals surface area contributed by atoms with E-state index in [-0.39, 0.29) is 11.5 Å². The predicted octanol–water partition coefficient (Wildman–Crippen LogP) is 5.27. The Morgan fingerprint density at radius 1 is 0.700 bits per heavy atom. The summed E-state index contributed by atoms with van der Waals surface area (Å²) in [6.07, 6.45) is 5.71. The Bertz CT molecular complexity index is 757. The van der Waals surface area contributed by atoms with Crippen LogP contribution < -0.4 is 9.47 Å². The van der Waals surface area contributed by atoms with E-state index < -0.39 is 11.9 Å². The molecular weight excluding hydrogens is 384 g/mol. The molecule has 2 N–H and O–H groups in total. The fourth-order valence-electron chi connectivity index (χ4n) is 3.16. The first kappa shape index (κ1) is 23.3. The standard InChI is InChI=1S/C24H30O6/c25-23(26)19(10-8-18-30-21-11-5-3-6-12-21)9-4-1-2-7-17-29-22-15-13-20(14-16-22)24(27)28/h3,5-6,11-16,19H,1-2,4,7-10,17-18H2,(H,25,26)(H,27,28). The molecule has 0 aliphatic rings. The second kappa shape index (κ2) is 13.2. The Balaban J connectivity index is 1.52. The number of unbranched alkanes of at least 4 members (excludes halogenated alkanes) is 3. The molecular formula is C24H30O6. The van der Waals surface area contributed by atoms with Crippen LogP contribution in [0.4, 0.5) is 0 Å². The largest absolute Gasteiger partial charge is 0.494 e. The van der Waals surface area contributed by atoms with Crippen LogP contribution in [0.5, 0.6) is 11.5 Å². The van der Waals surface area contributed by atoms with Crippen LogP contribution in [0.3, 0.4) is 0 Å². The number of para-hydroxylation sites is 1. The minimum Gasteiger partial charge on any atom is -0.494 e. The van der Waals surface area contributed by atoms with Gasteiger partial charge in [0.05, 0.1) is 24.7 Å².